The van der Waals surface area contributed by atoms with Crippen LogP contribution in [0.2, 0.25) is 0 Å². The summed E-state index contributed by atoms with van der Waals surface area (Å²) in [4.78, 5) is 18.0. The monoisotopic (exact) mass is 479 g/mol. The van der Waals surface area contributed by atoms with Crippen molar-refractivity contribution in [2.75, 3.05) is 33.9 Å². The van der Waals surface area contributed by atoms with Crippen molar-refractivity contribution in [3.63, 3.8) is 0 Å². The van der Waals surface area contributed by atoms with Gasteiger partial charge < -0.3 is 19.7 Å². The van der Waals surface area contributed by atoms with Gasteiger partial charge in [0.1, 0.15) is 0 Å². The number of carbonyl (C=O) groups excluding carboxylic acids is 1. The number of nitrogens with one attached hydrogen (secondary N) is 1. The van der Waals surface area contributed by atoms with E-state index in [1.807, 2.05) is 13.0 Å². The zero-order valence-corrected chi connectivity index (χ0v) is 17.8. The number of nitrogens with zero attached hydrogens (tertiary/aromatic N) is 2. The van der Waals surface area contributed by atoms with E-state index in [9.17, 15) is 9.18 Å². The molecule has 1 aromatic rings. The number of guanidine groups is 1. The van der Waals surface area contributed by atoms with Gasteiger partial charge in [-0.25, -0.2) is 4.39 Å². The van der Waals surface area contributed by atoms with Gasteiger partial charge in [0.15, 0.2) is 17.5 Å². The Kier molecular flexibility index (Phi) is 9.68. The molecule has 0 aliphatic carbocycles. The third kappa shape index (κ3) is 6.00. The van der Waals surface area contributed by atoms with Crippen LogP contribution in [0.5, 0.6) is 5.75 Å². The van der Waals surface area contributed by atoms with Crippen LogP contribution in [0, 0.1) is 11.7 Å². The van der Waals surface area contributed by atoms with E-state index in [-0.39, 0.29) is 47.4 Å². The normalized spacial score (nSPS) is 15.2. The van der Waals surface area contributed by atoms with Gasteiger partial charge in [0.2, 0.25) is 0 Å². The third-order valence-corrected chi connectivity index (χ3v) is 4.29. The molecule has 1 N–H and O–H groups in total. The Morgan fingerprint density at radius 2 is 2.08 bits per heavy atom. The number of esters is 1. The number of benzene rings is 1. The summed E-state index contributed by atoms with van der Waals surface area (Å²) in [6.45, 7) is 4.19. The van der Waals surface area contributed by atoms with Gasteiger partial charge in [0.05, 0.1) is 19.6 Å². The van der Waals surface area contributed by atoms with Crippen LogP contribution in [-0.2, 0) is 16.1 Å². The number of likely N-dealkylation sites (tertiary alicyclic amines) is 1. The Hall–Kier alpha value is -1.58. The van der Waals surface area contributed by atoms with E-state index in [1.54, 1.807) is 13.1 Å². The summed E-state index contributed by atoms with van der Waals surface area (Å²) in [6.07, 6.45) is 1.48. The number of ether oxygens (including phenoxy) is 2. The fourth-order valence-corrected chi connectivity index (χ4v) is 2.93. The van der Waals surface area contributed by atoms with Crippen molar-refractivity contribution in [1.29, 1.82) is 0 Å². The number of rotatable bonds is 5. The minimum atomic E-state index is -0.366. The molecule has 8 heteroatoms. The Balaban J connectivity index is 0.00000338. The van der Waals surface area contributed by atoms with Crippen LogP contribution in [0.3, 0.4) is 0 Å². The van der Waals surface area contributed by atoms with Gasteiger partial charge in [-0.05, 0) is 37.5 Å². The lowest BCUT2D eigenvalue weighted by Gasteiger charge is -2.33. The van der Waals surface area contributed by atoms with Crippen LogP contribution in [0.4, 0.5) is 4.39 Å². The molecule has 26 heavy (non-hydrogen) atoms. The Morgan fingerprint density at radius 1 is 1.38 bits per heavy atom. The second-order valence-electron chi connectivity index (χ2n) is 5.88. The fraction of sp³-hybridized carbons (Fsp3) is 0.556. The molecule has 0 spiro atoms. The molecule has 1 aromatic carbocycles. The first kappa shape index (κ1) is 22.5. The van der Waals surface area contributed by atoms with Gasteiger partial charge in [-0.3, -0.25) is 9.79 Å². The maximum atomic E-state index is 13.9. The zero-order chi connectivity index (χ0) is 18.2. The number of hydrogen-bond acceptors (Lipinski definition) is 4. The lowest BCUT2D eigenvalue weighted by molar-refractivity contribution is -0.146. The Bertz CT molecular complexity index is 620. The lowest BCUT2D eigenvalue weighted by Crippen LogP contribution is -2.46. The van der Waals surface area contributed by atoms with Crippen molar-refractivity contribution in [3.05, 3.63) is 29.6 Å². The molecule has 1 aliphatic rings. The first-order chi connectivity index (χ1) is 12.1. The van der Waals surface area contributed by atoms with E-state index in [1.165, 1.54) is 13.2 Å². The fourth-order valence-electron chi connectivity index (χ4n) is 2.93. The van der Waals surface area contributed by atoms with Gasteiger partial charge in [0, 0.05) is 26.7 Å². The predicted molar refractivity (Wildman–Crippen MR) is 109 cm³/mol. The highest BCUT2D eigenvalue weighted by Crippen LogP contribution is 2.20. The van der Waals surface area contributed by atoms with E-state index in [0.29, 0.717) is 13.2 Å². The van der Waals surface area contributed by atoms with E-state index < -0.39 is 0 Å². The van der Waals surface area contributed by atoms with Crippen LogP contribution in [0.25, 0.3) is 0 Å². The number of halogens is 2. The van der Waals surface area contributed by atoms with Crippen molar-refractivity contribution < 1.29 is 18.7 Å². The maximum absolute atomic E-state index is 13.9. The lowest BCUT2D eigenvalue weighted by atomic mass is 9.97. The summed E-state index contributed by atoms with van der Waals surface area (Å²) in [5.41, 5.74) is 0.812. The van der Waals surface area contributed by atoms with Gasteiger partial charge in [-0.1, -0.05) is 6.07 Å². The highest BCUT2D eigenvalue weighted by Gasteiger charge is 2.26. The third-order valence-electron chi connectivity index (χ3n) is 4.29. The van der Waals surface area contributed by atoms with Crippen LogP contribution in [0.15, 0.2) is 23.2 Å². The summed E-state index contributed by atoms with van der Waals surface area (Å²) in [7, 11) is 3.14. The molecular weight excluding hydrogens is 452 g/mol. The predicted octanol–water partition coefficient (Wildman–Crippen LogP) is 2.80. The average molecular weight is 479 g/mol. The van der Waals surface area contributed by atoms with Crippen molar-refractivity contribution in [3.8, 4) is 5.75 Å². The topological polar surface area (TPSA) is 63.2 Å². The molecule has 1 saturated heterocycles. The summed E-state index contributed by atoms with van der Waals surface area (Å²) in [5.74, 6) is 0.458. The van der Waals surface area contributed by atoms with Crippen LogP contribution >= 0.6 is 24.0 Å². The highest BCUT2D eigenvalue weighted by atomic mass is 127. The first-order valence-electron chi connectivity index (χ1n) is 8.53. The van der Waals surface area contributed by atoms with Gasteiger partial charge in [0.25, 0.3) is 0 Å². The molecule has 1 fully saturated rings. The maximum Gasteiger partial charge on any atom is 0.308 e. The quantitative estimate of drug-likeness (QED) is 0.305. The second kappa shape index (κ2) is 11.2. The van der Waals surface area contributed by atoms with Gasteiger partial charge in [-0.15, -0.1) is 24.0 Å². The van der Waals surface area contributed by atoms with Crippen molar-refractivity contribution in [2.45, 2.75) is 26.3 Å². The number of aliphatic imine (C=N–C) groups is 1. The number of carbonyl (C=O) groups is 1. The van der Waals surface area contributed by atoms with E-state index in [0.717, 1.165) is 37.5 Å². The smallest absolute Gasteiger partial charge is 0.308 e. The molecule has 0 aromatic heterocycles. The van der Waals surface area contributed by atoms with Gasteiger partial charge in [-0.2, -0.15) is 0 Å². The SMILES string of the molecule is CCOc1ccc(CNC(=NC)N2CCC(C(=O)OC)CC2)cc1F.I. The largest absolute Gasteiger partial charge is 0.491 e. The summed E-state index contributed by atoms with van der Waals surface area (Å²) in [6, 6.07) is 4.94. The molecule has 0 bridgehead atoms. The molecule has 0 amide bonds. The Labute approximate surface area is 171 Å². The van der Waals surface area contributed by atoms with Crippen LogP contribution in [0.1, 0.15) is 25.3 Å². The molecule has 6 nitrogen and oxygen atoms in total. The van der Waals surface area contributed by atoms with Gasteiger partial charge >= 0.3 is 5.97 Å². The zero-order valence-electron chi connectivity index (χ0n) is 15.5. The van der Waals surface area contributed by atoms with E-state index in [2.05, 4.69) is 15.2 Å². The van der Waals surface area contributed by atoms with E-state index >= 15 is 0 Å². The summed E-state index contributed by atoms with van der Waals surface area (Å²) < 4.78 is 23.9. The molecule has 0 atom stereocenters. The number of methoxy groups -OCH3 is 1. The van der Waals surface area contributed by atoms with Crippen molar-refractivity contribution >= 4 is 35.9 Å². The minimum absolute atomic E-state index is 0. The highest BCUT2D eigenvalue weighted by molar-refractivity contribution is 14.0. The van der Waals surface area contributed by atoms with Crippen LogP contribution < -0.4 is 10.1 Å². The molecule has 1 aliphatic heterocycles. The molecular formula is C18H27FIN3O3. The summed E-state index contributed by atoms with van der Waals surface area (Å²) >= 11 is 0. The standard InChI is InChI=1S/C18H26FN3O3.HI/c1-4-25-16-6-5-13(11-15(16)19)12-21-18(20-2)22-9-7-14(8-10-22)17(23)24-3;/h5-6,11,14H,4,7-10,12H2,1-3H3,(H,20,21);1H. The molecule has 146 valence electrons. The molecule has 2 rings (SSSR count). The number of hydrogen-bond donors (Lipinski definition) is 1. The molecule has 1 heterocycles. The Morgan fingerprint density at radius 3 is 2.62 bits per heavy atom. The first-order valence-corrected chi connectivity index (χ1v) is 8.53. The van der Waals surface area contributed by atoms with Crippen molar-refractivity contribution in [2.24, 2.45) is 10.9 Å². The van der Waals surface area contributed by atoms with Crippen LogP contribution in [-0.4, -0.2) is 50.7 Å². The molecule has 0 saturated carbocycles. The van der Waals surface area contributed by atoms with E-state index in [4.69, 9.17) is 9.47 Å². The molecule has 0 radical (unpaired) electrons. The summed E-state index contributed by atoms with van der Waals surface area (Å²) in [5, 5.41) is 3.24. The minimum Gasteiger partial charge on any atom is -0.491 e. The molecule has 0 unspecified atom stereocenters. The average Bonchev–Trinajstić information content (AvgIpc) is 2.64. The number of piperidine rings is 1. The van der Waals surface area contributed by atoms with Crippen molar-refractivity contribution in [1.82, 2.24) is 10.2 Å². The second-order valence-corrected chi connectivity index (χ2v) is 5.88.